The van der Waals surface area contributed by atoms with Crippen molar-refractivity contribution in [3.05, 3.63) is 82.4 Å². The number of aryl methyl sites for hydroxylation is 3. The average molecular weight is 507 g/mol. The van der Waals surface area contributed by atoms with Crippen LogP contribution in [0.5, 0.6) is 5.75 Å². The number of benzene rings is 3. The van der Waals surface area contributed by atoms with Crippen molar-refractivity contribution in [2.45, 2.75) is 32.9 Å². The monoisotopic (exact) mass is 506 g/mol. The number of aromatic nitrogens is 3. The van der Waals surface area contributed by atoms with Gasteiger partial charge in [0.1, 0.15) is 5.75 Å². The number of rotatable bonds is 8. The van der Waals surface area contributed by atoms with Gasteiger partial charge in [-0.1, -0.05) is 59.3 Å². The lowest BCUT2D eigenvalue weighted by molar-refractivity contribution is -0.113. The molecule has 0 fully saturated rings. The second-order valence-electron chi connectivity index (χ2n) is 8.21. The Morgan fingerprint density at radius 3 is 2.37 bits per heavy atom. The van der Waals surface area contributed by atoms with E-state index in [4.69, 9.17) is 16.3 Å². The molecule has 6 nitrogen and oxygen atoms in total. The lowest BCUT2D eigenvalue weighted by Crippen LogP contribution is -2.16. The lowest BCUT2D eigenvalue weighted by atomic mass is 10.1. The molecule has 0 aliphatic heterocycles. The van der Waals surface area contributed by atoms with E-state index in [2.05, 4.69) is 15.5 Å². The minimum atomic E-state index is -0.165. The Labute approximate surface area is 214 Å². The molecule has 8 heteroatoms. The van der Waals surface area contributed by atoms with E-state index in [1.807, 2.05) is 92.9 Å². The van der Waals surface area contributed by atoms with Gasteiger partial charge in [0.2, 0.25) is 5.91 Å². The third-order valence-electron chi connectivity index (χ3n) is 5.38. The van der Waals surface area contributed by atoms with Gasteiger partial charge >= 0.3 is 0 Å². The zero-order valence-corrected chi connectivity index (χ0v) is 21.7. The summed E-state index contributed by atoms with van der Waals surface area (Å²) in [7, 11) is 0. The Bertz CT molecular complexity index is 1310. The Morgan fingerprint density at radius 2 is 1.71 bits per heavy atom. The van der Waals surface area contributed by atoms with Crippen molar-refractivity contribution >= 4 is 35.0 Å². The van der Waals surface area contributed by atoms with Crippen LogP contribution in [0.4, 0.5) is 5.69 Å². The number of amides is 1. The molecule has 180 valence electrons. The van der Waals surface area contributed by atoms with Gasteiger partial charge in [-0.3, -0.25) is 9.36 Å². The molecular formula is C27H27ClN4O2S. The zero-order chi connectivity index (χ0) is 24.9. The Kier molecular flexibility index (Phi) is 7.78. The van der Waals surface area contributed by atoms with Crippen molar-refractivity contribution in [3.8, 4) is 22.8 Å². The molecule has 1 amide bonds. The van der Waals surface area contributed by atoms with Crippen molar-refractivity contribution in [2.24, 2.45) is 0 Å². The minimum absolute atomic E-state index is 0.159. The van der Waals surface area contributed by atoms with Gasteiger partial charge in [-0.05, 0) is 69.2 Å². The number of halogens is 1. The molecule has 3 aromatic carbocycles. The Hall–Kier alpha value is -3.29. The molecule has 0 spiro atoms. The summed E-state index contributed by atoms with van der Waals surface area (Å²) < 4.78 is 7.55. The highest BCUT2D eigenvalue weighted by atomic mass is 35.5. The van der Waals surface area contributed by atoms with E-state index in [1.165, 1.54) is 11.8 Å². The maximum atomic E-state index is 12.8. The van der Waals surface area contributed by atoms with Crippen LogP contribution in [0.25, 0.3) is 17.1 Å². The number of hydrogen-bond donors (Lipinski definition) is 1. The first kappa shape index (κ1) is 24.8. The highest BCUT2D eigenvalue weighted by molar-refractivity contribution is 7.99. The standard InChI is InChI=1S/C27H27ClN4O2S/c1-5-34-22-12-10-21(11-13-22)32-26(20-8-6-17(2)7-9-20)30-31-27(32)35-16-24(33)29-25-19(4)14-18(3)15-23(25)28/h6-15H,5,16H2,1-4H3,(H,29,33). The second-order valence-corrected chi connectivity index (χ2v) is 9.56. The van der Waals surface area contributed by atoms with Crippen LogP contribution in [0.2, 0.25) is 5.02 Å². The molecule has 0 unspecified atom stereocenters. The number of anilines is 1. The average Bonchev–Trinajstić information content (AvgIpc) is 3.25. The third-order valence-corrected chi connectivity index (χ3v) is 6.60. The van der Waals surface area contributed by atoms with Gasteiger partial charge in [-0.2, -0.15) is 0 Å². The molecule has 0 saturated carbocycles. The largest absolute Gasteiger partial charge is 0.494 e. The van der Waals surface area contributed by atoms with E-state index in [9.17, 15) is 4.79 Å². The smallest absolute Gasteiger partial charge is 0.234 e. The molecule has 35 heavy (non-hydrogen) atoms. The van der Waals surface area contributed by atoms with Crippen molar-refractivity contribution < 1.29 is 9.53 Å². The number of carbonyl (C=O) groups excluding carboxylic acids is 1. The van der Waals surface area contributed by atoms with Gasteiger partial charge in [0, 0.05) is 11.3 Å². The predicted molar refractivity (Wildman–Crippen MR) is 143 cm³/mol. The maximum Gasteiger partial charge on any atom is 0.234 e. The number of thioether (sulfide) groups is 1. The van der Waals surface area contributed by atoms with Gasteiger partial charge < -0.3 is 10.1 Å². The first-order chi connectivity index (χ1) is 16.9. The lowest BCUT2D eigenvalue weighted by Gasteiger charge is -2.13. The van der Waals surface area contributed by atoms with Crippen molar-refractivity contribution in [2.75, 3.05) is 17.7 Å². The van der Waals surface area contributed by atoms with Gasteiger partial charge in [-0.15, -0.1) is 10.2 Å². The molecule has 1 heterocycles. The number of hydrogen-bond acceptors (Lipinski definition) is 5. The summed E-state index contributed by atoms with van der Waals surface area (Å²) in [6.45, 7) is 8.50. The van der Waals surface area contributed by atoms with Crippen molar-refractivity contribution in [3.63, 3.8) is 0 Å². The molecule has 4 rings (SSSR count). The van der Waals surface area contributed by atoms with E-state index in [0.717, 1.165) is 33.7 Å². The molecule has 4 aromatic rings. The molecular weight excluding hydrogens is 480 g/mol. The van der Waals surface area contributed by atoms with Crippen molar-refractivity contribution in [1.82, 2.24) is 14.8 Å². The number of ether oxygens (including phenoxy) is 1. The summed E-state index contributed by atoms with van der Waals surface area (Å²) in [5, 5.41) is 13.0. The first-order valence-electron chi connectivity index (χ1n) is 11.3. The highest BCUT2D eigenvalue weighted by Crippen LogP contribution is 2.30. The van der Waals surface area contributed by atoms with Crippen LogP contribution in [0.15, 0.2) is 65.8 Å². The fourth-order valence-electron chi connectivity index (χ4n) is 3.72. The van der Waals surface area contributed by atoms with E-state index in [-0.39, 0.29) is 11.7 Å². The summed E-state index contributed by atoms with van der Waals surface area (Å²) in [6, 6.07) is 19.7. The highest BCUT2D eigenvalue weighted by Gasteiger charge is 2.18. The summed E-state index contributed by atoms with van der Waals surface area (Å²) in [5.74, 6) is 1.49. The third kappa shape index (κ3) is 5.86. The molecule has 0 aliphatic rings. The summed E-state index contributed by atoms with van der Waals surface area (Å²) >= 11 is 7.68. The van der Waals surface area contributed by atoms with Crippen molar-refractivity contribution in [1.29, 1.82) is 0 Å². The van der Waals surface area contributed by atoms with E-state index >= 15 is 0 Å². The normalized spacial score (nSPS) is 10.9. The summed E-state index contributed by atoms with van der Waals surface area (Å²) in [5.41, 5.74) is 5.60. The number of carbonyl (C=O) groups is 1. The SMILES string of the molecule is CCOc1ccc(-n2c(SCC(=O)Nc3c(C)cc(C)cc3Cl)nnc2-c2ccc(C)cc2)cc1. The molecule has 0 atom stereocenters. The van der Waals surface area contributed by atoms with Gasteiger partial charge in [-0.25, -0.2) is 0 Å². The van der Waals surface area contributed by atoms with E-state index in [0.29, 0.717) is 28.3 Å². The Morgan fingerprint density at radius 1 is 1.00 bits per heavy atom. The summed E-state index contributed by atoms with van der Waals surface area (Å²) in [6.07, 6.45) is 0. The number of nitrogens with one attached hydrogen (secondary N) is 1. The van der Waals surface area contributed by atoms with Crippen LogP contribution in [0.3, 0.4) is 0 Å². The fraction of sp³-hybridized carbons (Fsp3) is 0.222. The molecule has 1 N–H and O–H groups in total. The van der Waals surface area contributed by atoms with E-state index < -0.39 is 0 Å². The van der Waals surface area contributed by atoms with Gasteiger partial charge in [0.25, 0.3) is 0 Å². The number of nitrogens with zero attached hydrogens (tertiary/aromatic N) is 3. The topological polar surface area (TPSA) is 69.0 Å². The molecule has 0 saturated heterocycles. The molecule has 1 aromatic heterocycles. The van der Waals surface area contributed by atoms with Crippen LogP contribution in [-0.4, -0.2) is 33.0 Å². The molecule has 0 radical (unpaired) electrons. The van der Waals surface area contributed by atoms with Gasteiger partial charge in [0.05, 0.1) is 23.1 Å². The second kappa shape index (κ2) is 11.0. The van der Waals surface area contributed by atoms with Crippen LogP contribution in [0.1, 0.15) is 23.6 Å². The minimum Gasteiger partial charge on any atom is -0.494 e. The fourth-order valence-corrected chi connectivity index (χ4v) is 4.84. The van der Waals surface area contributed by atoms with E-state index in [1.54, 1.807) is 0 Å². The first-order valence-corrected chi connectivity index (χ1v) is 12.7. The Balaban J connectivity index is 1.61. The van der Waals surface area contributed by atoms with Gasteiger partial charge in [0.15, 0.2) is 11.0 Å². The predicted octanol–water partition coefficient (Wildman–Crippen LogP) is 6.64. The zero-order valence-electron chi connectivity index (χ0n) is 20.1. The van der Waals surface area contributed by atoms with Crippen LogP contribution < -0.4 is 10.1 Å². The maximum absolute atomic E-state index is 12.8. The quantitative estimate of drug-likeness (QED) is 0.271. The molecule has 0 bridgehead atoms. The van der Waals surface area contributed by atoms with Crippen LogP contribution in [-0.2, 0) is 4.79 Å². The van der Waals surface area contributed by atoms with Crippen LogP contribution >= 0.6 is 23.4 Å². The summed E-state index contributed by atoms with van der Waals surface area (Å²) in [4.78, 5) is 12.8. The molecule has 0 aliphatic carbocycles. The van der Waals surface area contributed by atoms with Crippen LogP contribution in [0, 0.1) is 20.8 Å².